The van der Waals surface area contributed by atoms with E-state index < -0.39 is 47.4 Å². The molecule has 12 nitrogen and oxygen atoms in total. The highest BCUT2D eigenvalue weighted by molar-refractivity contribution is 9.10. The zero-order valence-electron chi connectivity index (χ0n) is 32.1. The molecule has 1 aliphatic rings. The molecule has 0 radical (unpaired) electrons. The number of carbonyl (C=O) groups is 4. The van der Waals surface area contributed by atoms with Gasteiger partial charge in [0.05, 0.1) is 13.2 Å². The summed E-state index contributed by atoms with van der Waals surface area (Å²) < 4.78 is 23.3. The Balaban J connectivity index is 1.84. The Kier molecular flexibility index (Phi) is 16.0. The van der Waals surface area contributed by atoms with Crippen molar-refractivity contribution < 1.29 is 38.1 Å². The van der Waals surface area contributed by atoms with Gasteiger partial charge in [0.2, 0.25) is 0 Å². The van der Waals surface area contributed by atoms with Gasteiger partial charge in [-0.25, -0.2) is 15.0 Å². The Bertz CT molecular complexity index is 1490. The molecule has 2 amide bonds. The third kappa shape index (κ3) is 14.4. The highest BCUT2D eigenvalue weighted by Crippen LogP contribution is 2.23. The van der Waals surface area contributed by atoms with Crippen molar-refractivity contribution in [3.8, 4) is 0 Å². The molecule has 2 aromatic carbocycles. The number of ether oxygens (including phenoxy) is 4. The fourth-order valence-corrected chi connectivity index (χ4v) is 6.29. The standard InChI is InChI=1S/C39H57BrN4O8/c1-10-49-35(46)31-17-14-18-44(42-31)34(45)32(41-37(48)52-39(7,8)9)24-27-21-28(23-29(40)22-27)25-43(30-15-12-11-13-16-30)19-20-50-33(26(2)3)36(47)51-38(4,5)6/h11-13,15-16,21-23,26,31-33,42H,10,14,17-20,24-25H2,1-9H3,(H,41,48)/t31-,32-,33-/m0/s1. The van der Waals surface area contributed by atoms with Crippen LogP contribution in [0, 0.1) is 5.92 Å². The molecule has 0 unspecified atom stereocenters. The van der Waals surface area contributed by atoms with Crippen LogP contribution >= 0.6 is 15.9 Å². The van der Waals surface area contributed by atoms with Crippen molar-refractivity contribution in [2.24, 2.45) is 5.92 Å². The number of esters is 2. The van der Waals surface area contributed by atoms with Gasteiger partial charge in [-0.2, -0.15) is 0 Å². The summed E-state index contributed by atoms with van der Waals surface area (Å²) in [5, 5.41) is 4.17. The smallest absolute Gasteiger partial charge is 0.408 e. The highest BCUT2D eigenvalue weighted by atomic mass is 79.9. The van der Waals surface area contributed by atoms with Gasteiger partial charge < -0.3 is 29.2 Å². The molecule has 13 heteroatoms. The predicted octanol–water partition coefficient (Wildman–Crippen LogP) is 6.33. The number of rotatable bonds is 15. The molecule has 3 rings (SSSR count). The zero-order chi connectivity index (χ0) is 38.6. The van der Waals surface area contributed by atoms with E-state index in [0.717, 1.165) is 21.3 Å². The maximum absolute atomic E-state index is 14.0. The van der Waals surface area contributed by atoms with Crippen LogP contribution in [0.3, 0.4) is 0 Å². The molecule has 2 N–H and O–H groups in total. The third-order valence-electron chi connectivity index (χ3n) is 7.87. The topological polar surface area (TPSA) is 136 Å². The van der Waals surface area contributed by atoms with E-state index in [1.807, 2.05) is 83.1 Å². The first kappa shape index (κ1) is 42.7. The average molecular weight is 790 g/mol. The molecule has 1 aliphatic heterocycles. The first-order valence-electron chi connectivity index (χ1n) is 18.0. The van der Waals surface area contributed by atoms with Crippen molar-refractivity contribution in [2.45, 2.75) is 118 Å². The van der Waals surface area contributed by atoms with E-state index in [1.54, 1.807) is 27.7 Å². The molecule has 2 aromatic rings. The van der Waals surface area contributed by atoms with Crippen molar-refractivity contribution in [2.75, 3.05) is 31.2 Å². The largest absolute Gasteiger partial charge is 0.465 e. The normalized spacial score (nSPS) is 16.1. The van der Waals surface area contributed by atoms with Crippen LogP contribution in [0.5, 0.6) is 0 Å². The fourth-order valence-electron chi connectivity index (χ4n) is 5.70. The van der Waals surface area contributed by atoms with Crippen LogP contribution in [-0.2, 0) is 46.3 Å². The van der Waals surface area contributed by atoms with Crippen molar-refractivity contribution >= 4 is 45.6 Å². The first-order chi connectivity index (χ1) is 24.3. The van der Waals surface area contributed by atoms with Gasteiger partial charge >= 0.3 is 18.0 Å². The number of benzene rings is 2. The van der Waals surface area contributed by atoms with Crippen LogP contribution in [0.4, 0.5) is 10.5 Å². The lowest BCUT2D eigenvalue weighted by atomic mass is 10.0. The van der Waals surface area contributed by atoms with Crippen LogP contribution in [0.2, 0.25) is 0 Å². The number of hydrogen-bond acceptors (Lipinski definition) is 10. The van der Waals surface area contributed by atoms with Crippen molar-refractivity contribution in [3.05, 3.63) is 64.1 Å². The molecule has 288 valence electrons. The molecular weight excluding hydrogens is 732 g/mol. The number of para-hydroxylation sites is 1. The van der Waals surface area contributed by atoms with E-state index in [1.165, 1.54) is 5.01 Å². The molecule has 3 atom stereocenters. The Morgan fingerprint density at radius 1 is 0.981 bits per heavy atom. The number of anilines is 1. The first-order valence-corrected chi connectivity index (χ1v) is 18.8. The number of amides is 2. The number of hydrogen-bond donors (Lipinski definition) is 2. The summed E-state index contributed by atoms with van der Waals surface area (Å²) in [6.45, 7) is 18.2. The summed E-state index contributed by atoms with van der Waals surface area (Å²) in [5.41, 5.74) is 4.33. The maximum Gasteiger partial charge on any atom is 0.408 e. The van der Waals surface area contributed by atoms with Crippen molar-refractivity contribution in [1.82, 2.24) is 15.8 Å². The Labute approximate surface area is 317 Å². The lowest BCUT2D eigenvalue weighted by molar-refractivity contribution is -0.171. The van der Waals surface area contributed by atoms with Crippen LogP contribution in [0.15, 0.2) is 53.0 Å². The molecule has 1 heterocycles. The highest BCUT2D eigenvalue weighted by Gasteiger charge is 2.34. The molecule has 0 spiro atoms. The van der Waals surface area contributed by atoms with Crippen LogP contribution < -0.4 is 15.6 Å². The molecule has 1 fully saturated rings. The fraction of sp³-hybridized carbons (Fsp3) is 0.590. The quantitative estimate of drug-likeness (QED) is 0.156. The second-order valence-corrected chi connectivity index (χ2v) is 16.2. The number of nitrogens with one attached hydrogen (secondary N) is 2. The summed E-state index contributed by atoms with van der Waals surface area (Å²) in [6.07, 6.45) is -0.140. The minimum Gasteiger partial charge on any atom is -0.465 e. The van der Waals surface area contributed by atoms with Crippen LogP contribution in [-0.4, -0.2) is 84.6 Å². The van der Waals surface area contributed by atoms with E-state index in [9.17, 15) is 19.2 Å². The SMILES string of the molecule is CCOC(=O)[C@@H]1CCCN(C(=O)[C@H](Cc2cc(Br)cc(CN(CCO[C@H](C(=O)OC(C)(C)C)C(C)C)c3ccccc3)c2)NC(=O)OC(C)(C)C)N1. The molecule has 1 saturated heterocycles. The van der Waals surface area contributed by atoms with E-state index in [4.69, 9.17) is 18.9 Å². The summed E-state index contributed by atoms with van der Waals surface area (Å²) in [5.74, 6) is -1.28. The monoisotopic (exact) mass is 788 g/mol. The second kappa shape index (κ2) is 19.4. The molecule has 0 bridgehead atoms. The summed E-state index contributed by atoms with van der Waals surface area (Å²) in [6, 6.07) is 14.2. The van der Waals surface area contributed by atoms with Gasteiger partial charge in [-0.1, -0.05) is 54.0 Å². The molecule has 52 heavy (non-hydrogen) atoms. The minimum atomic E-state index is -0.995. The molecule has 0 aliphatic carbocycles. The Morgan fingerprint density at radius 3 is 2.25 bits per heavy atom. The van der Waals surface area contributed by atoms with Crippen molar-refractivity contribution in [1.29, 1.82) is 0 Å². The maximum atomic E-state index is 14.0. The van der Waals surface area contributed by atoms with Crippen LogP contribution in [0.25, 0.3) is 0 Å². The molecular formula is C39H57BrN4O8. The Morgan fingerprint density at radius 2 is 1.63 bits per heavy atom. The summed E-state index contributed by atoms with van der Waals surface area (Å²) >= 11 is 3.65. The summed E-state index contributed by atoms with van der Waals surface area (Å²) in [4.78, 5) is 54.5. The second-order valence-electron chi connectivity index (χ2n) is 15.3. The molecule has 0 saturated carbocycles. The summed E-state index contributed by atoms with van der Waals surface area (Å²) in [7, 11) is 0. The number of halogens is 1. The predicted molar refractivity (Wildman–Crippen MR) is 203 cm³/mol. The van der Waals surface area contributed by atoms with Crippen molar-refractivity contribution in [3.63, 3.8) is 0 Å². The lowest BCUT2D eigenvalue weighted by Crippen LogP contribution is -2.60. The van der Waals surface area contributed by atoms with Gasteiger partial charge in [-0.05, 0) is 103 Å². The number of carbonyl (C=O) groups excluding carboxylic acids is 4. The van der Waals surface area contributed by atoms with Gasteiger partial charge in [0.25, 0.3) is 5.91 Å². The van der Waals surface area contributed by atoms with Gasteiger partial charge in [0.15, 0.2) is 6.10 Å². The average Bonchev–Trinajstić information content (AvgIpc) is 3.04. The van der Waals surface area contributed by atoms with E-state index in [0.29, 0.717) is 32.5 Å². The minimum absolute atomic E-state index is 0.0752. The Hall–Kier alpha value is -3.68. The number of alkyl carbamates (subject to hydrolysis) is 1. The van der Waals surface area contributed by atoms with Gasteiger partial charge in [-0.15, -0.1) is 0 Å². The van der Waals surface area contributed by atoms with E-state index in [-0.39, 0.29) is 31.5 Å². The lowest BCUT2D eigenvalue weighted by Gasteiger charge is -2.35. The van der Waals surface area contributed by atoms with Crippen LogP contribution in [0.1, 0.15) is 86.3 Å². The van der Waals surface area contributed by atoms with E-state index >= 15 is 0 Å². The van der Waals surface area contributed by atoms with Gasteiger partial charge in [-0.3, -0.25) is 14.6 Å². The zero-order valence-corrected chi connectivity index (χ0v) is 33.7. The third-order valence-corrected chi connectivity index (χ3v) is 8.33. The van der Waals surface area contributed by atoms with E-state index in [2.05, 4.69) is 31.6 Å². The van der Waals surface area contributed by atoms with Gasteiger partial charge in [0.1, 0.15) is 23.3 Å². The number of nitrogens with zero attached hydrogens (tertiary/aromatic N) is 2. The molecule has 0 aromatic heterocycles. The van der Waals surface area contributed by atoms with Gasteiger partial charge in [0, 0.05) is 36.2 Å². The number of hydrazine groups is 1.